The lowest BCUT2D eigenvalue weighted by Crippen LogP contribution is -2.55. The second-order valence-corrected chi connectivity index (χ2v) is 10.1. The molecule has 0 aliphatic carbocycles. The van der Waals surface area contributed by atoms with Gasteiger partial charge >= 0.3 is 12.1 Å². The van der Waals surface area contributed by atoms with Crippen LogP contribution in [0.5, 0.6) is 0 Å². The second-order valence-electron chi connectivity index (χ2n) is 10.1. The topological polar surface area (TPSA) is 161 Å². The first kappa shape index (κ1) is 32.4. The summed E-state index contributed by atoms with van der Waals surface area (Å²) in [6.45, 7) is 0.00477. The number of carbonyl (C=O) groups excluding carboxylic acids is 4. The van der Waals surface area contributed by atoms with Crippen LogP contribution < -0.4 is 16.1 Å². The molecule has 0 fully saturated rings. The Labute approximate surface area is 260 Å². The smallest absolute Gasteiger partial charge is 0.431 e. The van der Waals surface area contributed by atoms with Crippen molar-refractivity contribution >= 4 is 23.9 Å². The predicted molar refractivity (Wildman–Crippen MR) is 163 cm³/mol. The quantitative estimate of drug-likeness (QED) is 0.118. The van der Waals surface area contributed by atoms with Crippen molar-refractivity contribution in [3.05, 3.63) is 126 Å². The van der Waals surface area contributed by atoms with E-state index in [0.717, 1.165) is 16.7 Å². The molecule has 1 heterocycles. The molecule has 0 spiro atoms. The van der Waals surface area contributed by atoms with Gasteiger partial charge in [-0.15, -0.1) is 0 Å². The fraction of sp³-hybridized carbons (Fsp3) is 0.242. The van der Waals surface area contributed by atoms with Gasteiger partial charge in [-0.1, -0.05) is 91.0 Å². The van der Waals surface area contributed by atoms with E-state index >= 15 is 0 Å². The molecule has 3 aromatic carbocycles. The lowest BCUT2D eigenvalue weighted by Gasteiger charge is -2.24. The number of aromatic amines is 1. The van der Waals surface area contributed by atoms with Crippen LogP contribution in [0.4, 0.5) is 4.79 Å². The molecular formula is C33H35N5O7. The van der Waals surface area contributed by atoms with Crippen molar-refractivity contribution in [2.45, 2.75) is 44.1 Å². The Morgan fingerprint density at radius 3 is 1.89 bits per heavy atom. The molecule has 0 saturated carbocycles. The van der Waals surface area contributed by atoms with Gasteiger partial charge < -0.3 is 25.1 Å². The number of benzene rings is 3. The van der Waals surface area contributed by atoms with Crippen LogP contribution in [0.15, 0.2) is 104 Å². The first-order chi connectivity index (χ1) is 21.9. The van der Waals surface area contributed by atoms with Crippen LogP contribution in [0.25, 0.3) is 0 Å². The van der Waals surface area contributed by atoms with Crippen LogP contribution in [0.2, 0.25) is 0 Å². The van der Waals surface area contributed by atoms with Gasteiger partial charge in [-0.25, -0.2) is 14.6 Å². The Kier molecular flexibility index (Phi) is 12.2. The molecule has 3 amide bonds. The molecule has 0 aliphatic heterocycles. The number of hydrogen-bond acceptors (Lipinski definition) is 8. The van der Waals surface area contributed by atoms with Gasteiger partial charge in [-0.2, -0.15) is 5.48 Å². The van der Waals surface area contributed by atoms with E-state index in [9.17, 15) is 19.2 Å². The van der Waals surface area contributed by atoms with Crippen LogP contribution in [-0.4, -0.2) is 59.1 Å². The maximum atomic E-state index is 13.7. The van der Waals surface area contributed by atoms with E-state index < -0.39 is 42.1 Å². The highest BCUT2D eigenvalue weighted by atomic mass is 16.7. The molecule has 0 bridgehead atoms. The predicted octanol–water partition coefficient (Wildman–Crippen LogP) is 2.81. The van der Waals surface area contributed by atoms with Crippen molar-refractivity contribution in [1.29, 1.82) is 0 Å². The lowest BCUT2D eigenvalue weighted by molar-refractivity contribution is -0.145. The summed E-state index contributed by atoms with van der Waals surface area (Å²) in [4.78, 5) is 64.6. The molecular weight excluding hydrogens is 578 g/mol. The van der Waals surface area contributed by atoms with Crippen LogP contribution in [0.1, 0.15) is 22.4 Å². The fourth-order valence-electron chi connectivity index (χ4n) is 4.44. The number of methoxy groups -OCH3 is 1. The fourth-order valence-corrected chi connectivity index (χ4v) is 4.44. The summed E-state index contributed by atoms with van der Waals surface area (Å²) in [6, 6.07) is 25.1. The number of rotatable bonds is 15. The molecule has 0 aliphatic rings. The molecule has 0 saturated heterocycles. The number of imidazole rings is 1. The number of nitrogens with zero attached hydrogens (tertiary/aromatic N) is 1. The average molecular weight is 614 g/mol. The zero-order valence-electron chi connectivity index (χ0n) is 24.7. The number of carbonyl (C=O) groups is 4. The second kappa shape index (κ2) is 17.0. The normalized spacial score (nSPS) is 12.6. The van der Waals surface area contributed by atoms with E-state index in [1.54, 1.807) is 12.1 Å². The Bertz CT molecular complexity index is 1500. The van der Waals surface area contributed by atoms with Crippen molar-refractivity contribution in [3.8, 4) is 0 Å². The standard InChI is InChI=1S/C33H35N5O7/c1-43-32(41)28(19-26-20-34-22-35-26)37-30(39)27(17-23-11-5-2-6-12-23)36-31(40)29(18-24-13-7-3-8-14-24)45-38-33(42)44-21-25-15-9-4-10-16-25/h2-16,20,22,27-29H,17-19,21H2,1H3,(H,34,35)(H,36,40)(H,37,39)(H,38,42)/t27-,28-,29?/m0/s1. The van der Waals surface area contributed by atoms with Gasteiger partial charge in [0.15, 0.2) is 6.10 Å². The van der Waals surface area contributed by atoms with Gasteiger partial charge in [0.05, 0.1) is 13.4 Å². The molecule has 0 radical (unpaired) electrons. The van der Waals surface area contributed by atoms with E-state index in [1.165, 1.54) is 19.6 Å². The summed E-state index contributed by atoms with van der Waals surface area (Å²) in [5.74, 6) is -1.94. The molecule has 12 heteroatoms. The van der Waals surface area contributed by atoms with Crippen molar-refractivity contribution in [1.82, 2.24) is 26.1 Å². The van der Waals surface area contributed by atoms with Crippen molar-refractivity contribution in [2.75, 3.05) is 7.11 Å². The maximum Gasteiger partial charge on any atom is 0.431 e. The number of aromatic nitrogens is 2. The Balaban J connectivity index is 1.48. The number of H-pyrrole nitrogens is 1. The Hall–Kier alpha value is -5.49. The SMILES string of the molecule is COC(=O)[C@H](Cc1cnc[nH]1)NC(=O)[C@H](Cc1ccccc1)NC(=O)C(Cc1ccccc1)ONC(=O)OCc1ccccc1. The van der Waals surface area contributed by atoms with Crippen LogP contribution >= 0.6 is 0 Å². The number of amides is 3. The summed E-state index contributed by atoms with van der Waals surface area (Å²) in [5, 5.41) is 5.44. The number of hydroxylamine groups is 1. The monoisotopic (exact) mass is 613 g/mol. The van der Waals surface area contributed by atoms with Crippen LogP contribution in [0, 0.1) is 0 Å². The van der Waals surface area contributed by atoms with Crippen LogP contribution in [0.3, 0.4) is 0 Å². The van der Waals surface area contributed by atoms with Gasteiger partial charge in [0.2, 0.25) is 5.91 Å². The van der Waals surface area contributed by atoms with Gasteiger partial charge in [0.1, 0.15) is 18.7 Å². The Morgan fingerprint density at radius 2 is 1.31 bits per heavy atom. The van der Waals surface area contributed by atoms with Gasteiger partial charge in [-0.3, -0.25) is 14.4 Å². The minimum absolute atomic E-state index is 0.00477. The summed E-state index contributed by atoms with van der Waals surface area (Å²) >= 11 is 0. The molecule has 4 aromatic rings. The van der Waals surface area contributed by atoms with Gasteiger partial charge in [0.25, 0.3) is 5.91 Å². The molecule has 45 heavy (non-hydrogen) atoms. The minimum Gasteiger partial charge on any atom is -0.467 e. The Morgan fingerprint density at radius 1 is 0.733 bits per heavy atom. The molecule has 12 nitrogen and oxygen atoms in total. The molecule has 1 aromatic heterocycles. The highest BCUT2D eigenvalue weighted by Gasteiger charge is 2.31. The molecule has 3 atom stereocenters. The molecule has 4 rings (SSSR count). The number of hydrogen-bond donors (Lipinski definition) is 4. The van der Waals surface area contributed by atoms with E-state index in [2.05, 4.69) is 26.1 Å². The van der Waals surface area contributed by atoms with E-state index in [1.807, 2.05) is 78.9 Å². The molecule has 234 valence electrons. The maximum absolute atomic E-state index is 13.7. The summed E-state index contributed by atoms with van der Waals surface area (Å²) in [5.41, 5.74) is 5.10. The van der Waals surface area contributed by atoms with Crippen molar-refractivity contribution < 1.29 is 33.5 Å². The number of nitrogens with one attached hydrogen (secondary N) is 4. The molecule has 4 N–H and O–H groups in total. The lowest BCUT2D eigenvalue weighted by atomic mass is 10.0. The first-order valence-corrected chi connectivity index (χ1v) is 14.3. The highest BCUT2D eigenvalue weighted by Crippen LogP contribution is 2.10. The average Bonchev–Trinajstić information content (AvgIpc) is 3.59. The third-order valence-electron chi connectivity index (χ3n) is 6.75. The summed E-state index contributed by atoms with van der Waals surface area (Å²) in [6.07, 6.45) is 1.17. The first-order valence-electron chi connectivity index (χ1n) is 14.3. The largest absolute Gasteiger partial charge is 0.467 e. The third-order valence-corrected chi connectivity index (χ3v) is 6.75. The zero-order chi connectivity index (χ0) is 31.9. The van der Waals surface area contributed by atoms with E-state index in [4.69, 9.17) is 14.3 Å². The number of esters is 1. The summed E-state index contributed by atoms with van der Waals surface area (Å²) < 4.78 is 10.1. The van der Waals surface area contributed by atoms with Gasteiger partial charge in [0, 0.05) is 31.2 Å². The highest BCUT2D eigenvalue weighted by molar-refractivity contribution is 5.92. The number of ether oxygens (including phenoxy) is 2. The van der Waals surface area contributed by atoms with Gasteiger partial charge in [-0.05, 0) is 16.7 Å². The summed E-state index contributed by atoms with van der Waals surface area (Å²) in [7, 11) is 1.22. The zero-order valence-corrected chi connectivity index (χ0v) is 24.7. The van der Waals surface area contributed by atoms with Crippen molar-refractivity contribution in [2.24, 2.45) is 0 Å². The molecule has 1 unspecified atom stereocenters. The minimum atomic E-state index is -1.23. The van der Waals surface area contributed by atoms with Crippen molar-refractivity contribution in [3.63, 3.8) is 0 Å². The van der Waals surface area contributed by atoms with E-state index in [0.29, 0.717) is 5.69 Å². The third kappa shape index (κ3) is 10.6. The van der Waals surface area contributed by atoms with Crippen LogP contribution in [-0.2, 0) is 54.6 Å². The van der Waals surface area contributed by atoms with E-state index in [-0.39, 0.29) is 25.9 Å².